The van der Waals surface area contributed by atoms with E-state index in [2.05, 4.69) is 4.98 Å². The molecule has 0 fully saturated rings. The van der Waals surface area contributed by atoms with Gasteiger partial charge < -0.3 is 14.6 Å². The average molecular weight is 291 g/mol. The second-order valence-electron chi connectivity index (χ2n) is 4.79. The van der Waals surface area contributed by atoms with Crippen LogP contribution in [0, 0.1) is 12.7 Å². The fourth-order valence-electron chi connectivity index (χ4n) is 1.99. The van der Waals surface area contributed by atoms with Crippen molar-refractivity contribution in [2.75, 3.05) is 7.11 Å². The molecule has 0 aliphatic rings. The van der Waals surface area contributed by atoms with E-state index in [1.807, 2.05) is 13.0 Å². The monoisotopic (exact) mass is 291 g/mol. The van der Waals surface area contributed by atoms with E-state index in [9.17, 15) is 9.50 Å². The molecule has 4 nitrogen and oxygen atoms in total. The van der Waals surface area contributed by atoms with Crippen molar-refractivity contribution in [3.8, 4) is 11.5 Å². The van der Waals surface area contributed by atoms with Crippen molar-refractivity contribution in [2.24, 2.45) is 0 Å². The number of ether oxygens (including phenoxy) is 2. The Balaban J connectivity index is 2.09. The number of aliphatic hydroxyl groups excluding tert-OH is 1. The van der Waals surface area contributed by atoms with Crippen LogP contribution in [0.2, 0.25) is 0 Å². The Bertz CT molecular complexity index is 629. The molecule has 2 aromatic rings. The summed E-state index contributed by atoms with van der Waals surface area (Å²) in [5.41, 5.74) is 1.77. The molecule has 0 bridgehead atoms. The number of hydrogen-bond acceptors (Lipinski definition) is 4. The molecule has 112 valence electrons. The van der Waals surface area contributed by atoms with Gasteiger partial charge in [0.05, 0.1) is 18.9 Å². The summed E-state index contributed by atoms with van der Waals surface area (Å²) in [5.74, 6) is 0.605. The highest BCUT2D eigenvalue weighted by atomic mass is 19.1. The highest BCUT2D eigenvalue weighted by Gasteiger charge is 2.09. The van der Waals surface area contributed by atoms with Crippen LogP contribution in [0.4, 0.5) is 4.39 Å². The van der Waals surface area contributed by atoms with Gasteiger partial charge in [-0.2, -0.15) is 0 Å². The van der Waals surface area contributed by atoms with Crippen molar-refractivity contribution in [3.63, 3.8) is 0 Å². The molecule has 1 unspecified atom stereocenters. The quantitative estimate of drug-likeness (QED) is 0.919. The molecule has 0 aliphatic heterocycles. The van der Waals surface area contributed by atoms with Gasteiger partial charge in [-0.05, 0) is 26.0 Å². The number of methoxy groups -OCH3 is 1. The van der Waals surface area contributed by atoms with Crippen LogP contribution < -0.4 is 9.47 Å². The summed E-state index contributed by atoms with van der Waals surface area (Å²) < 4.78 is 24.4. The molecule has 1 heterocycles. The number of aliphatic hydroxyl groups is 1. The number of pyridine rings is 1. The Kier molecular flexibility index (Phi) is 4.75. The maximum Gasteiger partial charge on any atom is 0.132 e. The maximum absolute atomic E-state index is 13.7. The van der Waals surface area contributed by atoms with E-state index in [1.165, 1.54) is 19.1 Å². The van der Waals surface area contributed by atoms with Crippen LogP contribution in [0.25, 0.3) is 0 Å². The van der Waals surface area contributed by atoms with Crippen molar-refractivity contribution in [2.45, 2.75) is 26.6 Å². The minimum atomic E-state index is -0.846. The lowest BCUT2D eigenvalue weighted by Crippen LogP contribution is -2.02. The third kappa shape index (κ3) is 3.92. The number of hydrogen-bond donors (Lipinski definition) is 1. The molecular weight excluding hydrogens is 273 g/mol. The Morgan fingerprint density at radius 1 is 1.24 bits per heavy atom. The van der Waals surface area contributed by atoms with Crippen LogP contribution >= 0.6 is 0 Å². The molecule has 1 atom stereocenters. The van der Waals surface area contributed by atoms with Crippen molar-refractivity contribution in [3.05, 3.63) is 53.1 Å². The molecule has 0 saturated carbocycles. The summed E-state index contributed by atoms with van der Waals surface area (Å²) in [7, 11) is 1.59. The summed E-state index contributed by atoms with van der Waals surface area (Å²) in [6.07, 6.45) is -0.846. The normalized spacial score (nSPS) is 12.0. The summed E-state index contributed by atoms with van der Waals surface area (Å²) in [6, 6.07) is 7.99. The lowest BCUT2D eigenvalue weighted by molar-refractivity contribution is 0.193. The minimum Gasteiger partial charge on any atom is -0.497 e. The van der Waals surface area contributed by atoms with Gasteiger partial charge in [0.15, 0.2) is 0 Å². The van der Waals surface area contributed by atoms with Crippen molar-refractivity contribution in [1.82, 2.24) is 4.98 Å². The molecule has 0 spiro atoms. The van der Waals surface area contributed by atoms with Gasteiger partial charge in [0.25, 0.3) is 0 Å². The van der Waals surface area contributed by atoms with E-state index in [0.717, 1.165) is 5.69 Å². The Hall–Kier alpha value is -2.14. The number of aryl methyl sites for hydroxylation is 1. The van der Waals surface area contributed by atoms with Crippen LogP contribution in [-0.2, 0) is 6.61 Å². The molecule has 21 heavy (non-hydrogen) atoms. The predicted molar refractivity (Wildman–Crippen MR) is 76.9 cm³/mol. The van der Waals surface area contributed by atoms with E-state index >= 15 is 0 Å². The lowest BCUT2D eigenvalue weighted by Gasteiger charge is -2.10. The fraction of sp³-hybridized carbons (Fsp3) is 0.312. The van der Waals surface area contributed by atoms with Crippen molar-refractivity contribution >= 4 is 0 Å². The first kappa shape index (κ1) is 15.3. The second-order valence-corrected chi connectivity index (χ2v) is 4.79. The Labute approximate surface area is 123 Å². The van der Waals surface area contributed by atoms with E-state index in [4.69, 9.17) is 9.47 Å². The third-order valence-corrected chi connectivity index (χ3v) is 3.02. The average Bonchev–Trinajstić information content (AvgIpc) is 2.44. The number of halogens is 1. The molecule has 0 amide bonds. The van der Waals surface area contributed by atoms with Gasteiger partial charge in [-0.1, -0.05) is 0 Å². The lowest BCUT2D eigenvalue weighted by atomic mass is 10.1. The maximum atomic E-state index is 13.7. The summed E-state index contributed by atoms with van der Waals surface area (Å²) in [4.78, 5) is 4.33. The predicted octanol–water partition coefficient (Wildman–Crippen LogP) is 3.17. The standard InChI is InChI=1S/C16H18FNO3/c1-10-6-14(20-3)7-12(18-10)9-21-13-4-5-15(11(2)19)16(17)8-13/h4-8,11,19H,9H2,1-3H3. The smallest absolute Gasteiger partial charge is 0.132 e. The van der Waals surface area contributed by atoms with Crippen LogP contribution in [0.3, 0.4) is 0 Å². The van der Waals surface area contributed by atoms with Gasteiger partial charge >= 0.3 is 0 Å². The van der Waals surface area contributed by atoms with Gasteiger partial charge in [-0.15, -0.1) is 0 Å². The Morgan fingerprint density at radius 2 is 2.00 bits per heavy atom. The molecule has 0 aliphatic carbocycles. The number of nitrogens with zero attached hydrogens (tertiary/aromatic N) is 1. The molecule has 5 heteroatoms. The van der Waals surface area contributed by atoms with Gasteiger partial charge in [0.1, 0.15) is 23.9 Å². The van der Waals surface area contributed by atoms with Crippen LogP contribution in [0.15, 0.2) is 30.3 Å². The molecule has 0 saturated heterocycles. The molecule has 0 radical (unpaired) electrons. The topological polar surface area (TPSA) is 51.6 Å². The zero-order valence-electron chi connectivity index (χ0n) is 12.3. The number of rotatable bonds is 5. The van der Waals surface area contributed by atoms with Crippen LogP contribution in [0.5, 0.6) is 11.5 Å². The van der Waals surface area contributed by atoms with E-state index in [1.54, 1.807) is 19.2 Å². The highest BCUT2D eigenvalue weighted by Crippen LogP contribution is 2.22. The van der Waals surface area contributed by atoms with E-state index in [0.29, 0.717) is 17.2 Å². The molecule has 1 aromatic heterocycles. The molecular formula is C16H18FNO3. The third-order valence-electron chi connectivity index (χ3n) is 3.02. The first-order valence-electron chi connectivity index (χ1n) is 6.61. The zero-order valence-corrected chi connectivity index (χ0v) is 12.3. The molecule has 1 N–H and O–H groups in total. The molecule has 2 rings (SSSR count). The zero-order chi connectivity index (χ0) is 15.4. The summed E-state index contributed by atoms with van der Waals surface area (Å²) >= 11 is 0. The number of aromatic nitrogens is 1. The van der Waals surface area contributed by atoms with E-state index in [-0.39, 0.29) is 12.2 Å². The van der Waals surface area contributed by atoms with Crippen molar-refractivity contribution < 1.29 is 19.0 Å². The summed E-state index contributed by atoms with van der Waals surface area (Å²) in [5, 5.41) is 9.39. The first-order chi connectivity index (χ1) is 9.99. The van der Waals surface area contributed by atoms with Crippen LogP contribution in [-0.4, -0.2) is 17.2 Å². The van der Waals surface area contributed by atoms with Crippen LogP contribution in [0.1, 0.15) is 30.0 Å². The van der Waals surface area contributed by atoms with Gasteiger partial charge in [-0.25, -0.2) is 4.39 Å². The first-order valence-corrected chi connectivity index (χ1v) is 6.61. The largest absolute Gasteiger partial charge is 0.497 e. The van der Waals surface area contributed by atoms with Crippen molar-refractivity contribution in [1.29, 1.82) is 0 Å². The Morgan fingerprint density at radius 3 is 2.62 bits per heavy atom. The fourth-order valence-corrected chi connectivity index (χ4v) is 1.99. The molecule has 1 aromatic carbocycles. The summed E-state index contributed by atoms with van der Waals surface area (Å²) in [6.45, 7) is 3.59. The van der Waals surface area contributed by atoms with E-state index < -0.39 is 11.9 Å². The van der Waals surface area contributed by atoms with Gasteiger partial charge in [0, 0.05) is 29.5 Å². The highest BCUT2D eigenvalue weighted by molar-refractivity contribution is 5.31. The number of benzene rings is 1. The van der Waals surface area contributed by atoms with Gasteiger partial charge in [-0.3, -0.25) is 4.98 Å². The van der Waals surface area contributed by atoms with Gasteiger partial charge in [0.2, 0.25) is 0 Å². The SMILES string of the molecule is COc1cc(C)nc(COc2ccc(C(C)O)c(F)c2)c1. The minimum absolute atomic E-state index is 0.214. The second kappa shape index (κ2) is 6.54.